The van der Waals surface area contributed by atoms with Gasteiger partial charge in [-0.05, 0) is 48.9 Å². The Morgan fingerprint density at radius 2 is 1.92 bits per heavy atom. The van der Waals surface area contributed by atoms with Gasteiger partial charge in [-0.25, -0.2) is 4.39 Å². The number of anilines is 1. The van der Waals surface area contributed by atoms with Crippen molar-refractivity contribution in [3.05, 3.63) is 65.8 Å². The van der Waals surface area contributed by atoms with E-state index in [2.05, 4.69) is 15.1 Å². The van der Waals surface area contributed by atoms with Crippen molar-refractivity contribution in [1.29, 1.82) is 0 Å². The van der Waals surface area contributed by atoms with Crippen LogP contribution < -0.4 is 4.90 Å². The fourth-order valence-corrected chi connectivity index (χ4v) is 2.43. The van der Waals surface area contributed by atoms with E-state index in [1.807, 2.05) is 31.2 Å². The monoisotopic (exact) mass is 327 g/mol. The van der Waals surface area contributed by atoms with Gasteiger partial charge in [0.15, 0.2) is 0 Å². The molecule has 0 radical (unpaired) electrons. The normalized spacial score (nSPS) is 10.8. The number of aromatic nitrogens is 2. The lowest BCUT2D eigenvalue weighted by Gasteiger charge is -2.21. The number of hydrogen-bond acceptors (Lipinski definition) is 5. The molecule has 1 N–H and O–H groups in total. The molecule has 0 spiro atoms. The highest BCUT2D eigenvalue weighted by molar-refractivity contribution is 5.52. The van der Waals surface area contributed by atoms with Crippen LogP contribution in [0.1, 0.15) is 18.4 Å². The number of aliphatic hydroxyl groups is 1. The molecule has 6 heteroatoms. The second-order valence-corrected chi connectivity index (χ2v) is 5.35. The molecule has 24 heavy (non-hydrogen) atoms. The molecule has 3 aromatic rings. The highest BCUT2D eigenvalue weighted by atomic mass is 19.1. The van der Waals surface area contributed by atoms with Crippen LogP contribution in [0.5, 0.6) is 0 Å². The summed E-state index contributed by atoms with van der Waals surface area (Å²) in [4.78, 5) is 2.07. The van der Waals surface area contributed by atoms with Crippen molar-refractivity contribution in [3.8, 4) is 11.5 Å². The molecule has 0 fully saturated rings. The topological polar surface area (TPSA) is 62.4 Å². The van der Waals surface area contributed by atoms with Crippen LogP contribution in [-0.2, 0) is 13.2 Å². The largest absolute Gasteiger partial charge is 0.419 e. The van der Waals surface area contributed by atoms with Crippen LogP contribution in [0.3, 0.4) is 0 Å². The van der Waals surface area contributed by atoms with E-state index in [-0.39, 0.29) is 12.4 Å². The predicted octanol–water partition coefficient (Wildman–Crippen LogP) is 3.39. The van der Waals surface area contributed by atoms with Crippen molar-refractivity contribution in [3.63, 3.8) is 0 Å². The molecule has 1 heterocycles. The van der Waals surface area contributed by atoms with E-state index < -0.39 is 0 Å². The maximum atomic E-state index is 13.0. The van der Waals surface area contributed by atoms with Gasteiger partial charge in [-0.15, -0.1) is 10.2 Å². The third-order valence-electron chi connectivity index (χ3n) is 3.72. The second kappa shape index (κ2) is 7.23. The summed E-state index contributed by atoms with van der Waals surface area (Å²) in [7, 11) is 0. The van der Waals surface area contributed by atoms with Gasteiger partial charge in [0.25, 0.3) is 0 Å². The molecule has 0 bridgehead atoms. The quantitative estimate of drug-likeness (QED) is 0.752. The van der Waals surface area contributed by atoms with Crippen molar-refractivity contribution in [1.82, 2.24) is 10.2 Å². The summed E-state index contributed by atoms with van der Waals surface area (Å²) in [5, 5.41) is 17.4. The Kier molecular flexibility index (Phi) is 4.86. The minimum Gasteiger partial charge on any atom is -0.419 e. The fourth-order valence-electron chi connectivity index (χ4n) is 2.43. The Morgan fingerprint density at radius 1 is 1.12 bits per heavy atom. The Bertz CT molecular complexity index is 802. The van der Waals surface area contributed by atoms with Crippen molar-refractivity contribution in [2.75, 3.05) is 11.4 Å². The number of nitrogens with zero attached hydrogens (tertiary/aromatic N) is 3. The minimum absolute atomic E-state index is 0.000661. The highest BCUT2D eigenvalue weighted by Crippen LogP contribution is 2.21. The van der Waals surface area contributed by atoms with Gasteiger partial charge in [-0.1, -0.05) is 12.1 Å². The number of aliphatic hydroxyl groups excluding tert-OH is 1. The van der Waals surface area contributed by atoms with Crippen molar-refractivity contribution in [2.24, 2.45) is 0 Å². The lowest BCUT2D eigenvalue weighted by atomic mass is 10.2. The van der Waals surface area contributed by atoms with Crippen LogP contribution in [0, 0.1) is 5.82 Å². The van der Waals surface area contributed by atoms with Crippen LogP contribution in [0.15, 0.2) is 52.9 Å². The molecule has 0 unspecified atom stereocenters. The zero-order valence-electron chi connectivity index (χ0n) is 13.3. The first-order valence-corrected chi connectivity index (χ1v) is 7.72. The van der Waals surface area contributed by atoms with Gasteiger partial charge in [0, 0.05) is 17.8 Å². The lowest BCUT2D eigenvalue weighted by Crippen LogP contribution is -2.22. The molecule has 124 valence electrons. The van der Waals surface area contributed by atoms with E-state index >= 15 is 0 Å². The van der Waals surface area contributed by atoms with Gasteiger partial charge >= 0.3 is 0 Å². The van der Waals surface area contributed by atoms with E-state index in [1.54, 1.807) is 12.1 Å². The molecule has 0 saturated carbocycles. The molecule has 5 nitrogen and oxygen atoms in total. The van der Waals surface area contributed by atoms with Crippen LogP contribution in [0.4, 0.5) is 10.1 Å². The summed E-state index contributed by atoms with van der Waals surface area (Å²) in [6.07, 6.45) is 0. The summed E-state index contributed by atoms with van der Waals surface area (Å²) >= 11 is 0. The Balaban J connectivity index is 1.78. The van der Waals surface area contributed by atoms with Crippen molar-refractivity contribution < 1.29 is 13.9 Å². The minimum atomic E-state index is -0.306. The van der Waals surface area contributed by atoms with Gasteiger partial charge in [0.1, 0.15) is 5.82 Å². The average molecular weight is 327 g/mol. The molecular weight excluding hydrogens is 309 g/mol. The molecule has 3 rings (SSSR count). The third kappa shape index (κ3) is 3.60. The first kappa shape index (κ1) is 16.1. The van der Waals surface area contributed by atoms with Crippen molar-refractivity contribution in [2.45, 2.75) is 20.1 Å². The maximum Gasteiger partial charge on any atom is 0.247 e. The van der Waals surface area contributed by atoms with Gasteiger partial charge in [0.2, 0.25) is 11.8 Å². The Morgan fingerprint density at radius 3 is 2.62 bits per heavy atom. The first-order valence-electron chi connectivity index (χ1n) is 7.72. The number of benzene rings is 2. The van der Waals surface area contributed by atoms with Crippen LogP contribution in [0.25, 0.3) is 11.5 Å². The highest BCUT2D eigenvalue weighted by Gasteiger charge is 2.13. The summed E-state index contributed by atoms with van der Waals surface area (Å²) in [6, 6.07) is 13.6. The van der Waals surface area contributed by atoms with E-state index in [0.717, 1.165) is 17.8 Å². The predicted molar refractivity (Wildman–Crippen MR) is 88.8 cm³/mol. The van der Waals surface area contributed by atoms with Crippen LogP contribution in [-0.4, -0.2) is 21.8 Å². The molecule has 0 aliphatic rings. The summed E-state index contributed by atoms with van der Waals surface area (Å²) in [6.45, 7) is 3.24. The molecule has 0 atom stereocenters. The molecular formula is C18H18FN3O2. The molecule has 2 aromatic carbocycles. The van der Waals surface area contributed by atoms with Gasteiger partial charge in [-0.3, -0.25) is 0 Å². The number of rotatable bonds is 6. The number of halogens is 1. The van der Waals surface area contributed by atoms with E-state index in [1.165, 1.54) is 12.1 Å². The second-order valence-electron chi connectivity index (χ2n) is 5.35. The lowest BCUT2D eigenvalue weighted by molar-refractivity contribution is 0.282. The fraction of sp³-hybridized carbons (Fsp3) is 0.222. The standard InChI is InChI=1S/C18H18FN3O2/c1-2-22(16-5-3-4-13(10-16)12-23)11-17-20-21-18(24-17)14-6-8-15(19)9-7-14/h3-10,23H,2,11-12H2,1H3. The summed E-state index contributed by atoms with van der Waals surface area (Å²) in [5.74, 6) is 0.537. The van der Waals surface area contributed by atoms with Crippen molar-refractivity contribution >= 4 is 5.69 Å². The average Bonchev–Trinajstić information content (AvgIpc) is 3.09. The van der Waals surface area contributed by atoms with Crippen LogP contribution >= 0.6 is 0 Å². The summed E-state index contributed by atoms with van der Waals surface area (Å²) in [5.41, 5.74) is 2.51. The third-order valence-corrected chi connectivity index (χ3v) is 3.72. The molecule has 0 saturated heterocycles. The van der Waals surface area contributed by atoms with Gasteiger partial charge in [-0.2, -0.15) is 0 Å². The Labute approximate surface area is 139 Å². The molecule has 0 aliphatic heterocycles. The van der Waals surface area contributed by atoms with Crippen LogP contribution in [0.2, 0.25) is 0 Å². The SMILES string of the molecule is CCN(Cc1nnc(-c2ccc(F)cc2)o1)c1cccc(CO)c1. The number of hydrogen-bond donors (Lipinski definition) is 1. The zero-order valence-corrected chi connectivity index (χ0v) is 13.3. The first-order chi connectivity index (χ1) is 11.7. The zero-order chi connectivity index (χ0) is 16.9. The molecule has 1 aromatic heterocycles. The van der Waals surface area contributed by atoms with E-state index in [4.69, 9.17) is 4.42 Å². The Hall–Kier alpha value is -2.73. The van der Waals surface area contributed by atoms with E-state index in [0.29, 0.717) is 23.9 Å². The summed E-state index contributed by atoms with van der Waals surface area (Å²) < 4.78 is 18.7. The van der Waals surface area contributed by atoms with Gasteiger partial charge < -0.3 is 14.4 Å². The van der Waals surface area contributed by atoms with E-state index in [9.17, 15) is 9.50 Å². The molecule has 0 aliphatic carbocycles. The molecule has 0 amide bonds. The smallest absolute Gasteiger partial charge is 0.247 e. The maximum absolute atomic E-state index is 13.0. The van der Waals surface area contributed by atoms with Gasteiger partial charge in [0.05, 0.1) is 13.2 Å².